The molecule has 0 N–H and O–H groups in total. The van der Waals surface area contributed by atoms with Crippen molar-refractivity contribution >= 4 is 17.5 Å². The molecule has 0 unspecified atom stereocenters. The summed E-state index contributed by atoms with van der Waals surface area (Å²) in [5.74, 6) is 1.07. The second kappa shape index (κ2) is 5.57. The number of amides is 1. The molecule has 2 heterocycles. The summed E-state index contributed by atoms with van der Waals surface area (Å²) < 4.78 is 5.02. The number of carbonyl (C=O) groups excluding carboxylic acids is 1. The van der Waals surface area contributed by atoms with E-state index >= 15 is 0 Å². The van der Waals surface area contributed by atoms with Gasteiger partial charge in [0.25, 0.3) is 5.91 Å². The molecule has 1 saturated heterocycles. The van der Waals surface area contributed by atoms with Crippen LogP contribution in [-0.2, 0) is 0 Å². The van der Waals surface area contributed by atoms with Gasteiger partial charge in [0, 0.05) is 24.7 Å². The Bertz CT molecular complexity index is 443. The topological polar surface area (TPSA) is 42.4 Å². The van der Waals surface area contributed by atoms with E-state index in [9.17, 15) is 4.79 Å². The van der Waals surface area contributed by atoms with Crippen molar-refractivity contribution in [1.29, 1.82) is 0 Å². The summed E-state index contributed by atoms with van der Waals surface area (Å²) >= 11 is 5.87. The van der Waals surface area contributed by atoms with Gasteiger partial charge in [0.15, 0.2) is 0 Å². The molecule has 4 nitrogen and oxygen atoms in total. The first-order chi connectivity index (χ1) is 8.60. The first-order valence-corrected chi connectivity index (χ1v) is 6.49. The van der Waals surface area contributed by atoms with Crippen molar-refractivity contribution in [3.05, 3.63) is 22.8 Å². The lowest BCUT2D eigenvalue weighted by molar-refractivity contribution is 0.0696. The predicted octanol–water partition coefficient (Wildman–Crippen LogP) is 2.62. The third-order valence-corrected chi connectivity index (χ3v) is 3.49. The summed E-state index contributed by atoms with van der Waals surface area (Å²) in [6, 6.07) is 3.22. The van der Waals surface area contributed by atoms with Gasteiger partial charge in [-0.15, -0.1) is 0 Å². The molecule has 1 fully saturated rings. The Morgan fingerprint density at radius 3 is 2.72 bits per heavy atom. The summed E-state index contributed by atoms with van der Waals surface area (Å²) in [6.45, 7) is 3.83. The van der Waals surface area contributed by atoms with Crippen molar-refractivity contribution in [3.8, 4) is 5.88 Å². The van der Waals surface area contributed by atoms with Gasteiger partial charge in [-0.3, -0.25) is 4.79 Å². The van der Waals surface area contributed by atoms with E-state index in [1.54, 1.807) is 12.1 Å². The number of piperidine rings is 1. The molecule has 1 aliphatic heterocycles. The van der Waals surface area contributed by atoms with Crippen LogP contribution in [-0.4, -0.2) is 36.0 Å². The molecule has 0 radical (unpaired) electrons. The molecule has 0 saturated carbocycles. The third-order valence-electron chi connectivity index (χ3n) is 3.30. The summed E-state index contributed by atoms with van der Waals surface area (Å²) in [7, 11) is 1.51. The highest BCUT2D eigenvalue weighted by Crippen LogP contribution is 2.21. The number of carbonyl (C=O) groups is 1. The molecular weight excluding hydrogens is 252 g/mol. The van der Waals surface area contributed by atoms with Gasteiger partial charge in [-0.25, -0.2) is 4.98 Å². The minimum absolute atomic E-state index is 0.00417. The van der Waals surface area contributed by atoms with Crippen LogP contribution >= 0.6 is 11.6 Å². The van der Waals surface area contributed by atoms with Crippen molar-refractivity contribution < 1.29 is 9.53 Å². The second-order valence-electron chi connectivity index (χ2n) is 4.70. The normalized spacial score (nSPS) is 16.7. The first kappa shape index (κ1) is 13.1. The molecule has 0 atom stereocenters. The van der Waals surface area contributed by atoms with Gasteiger partial charge < -0.3 is 9.64 Å². The Labute approximate surface area is 112 Å². The third kappa shape index (κ3) is 2.93. The number of hydrogen-bond acceptors (Lipinski definition) is 3. The van der Waals surface area contributed by atoms with Gasteiger partial charge in [0.1, 0.15) is 5.15 Å². The Hall–Kier alpha value is -1.29. The average Bonchev–Trinajstić information content (AvgIpc) is 2.38. The molecule has 2 rings (SSSR count). The number of nitrogens with zero attached hydrogens (tertiary/aromatic N) is 2. The van der Waals surface area contributed by atoms with Gasteiger partial charge in [0.05, 0.1) is 7.11 Å². The van der Waals surface area contributed by atoms with E-state index < -0.39 is 0 Å². The van der Waals surface area contributed by atoms with Crippen molar-refractivity contribution in [2.45, 2.75) is 19.8 Å². The molecular formula is C13H17ClN2O2. The lowest BCUT2D eigenvalue weighted by Crippen LogP contribution is -2.37. The van der Waals surface area contributed by atoms with Crippen LogP contribution in [0.5, 0.6) is 5.88 Å². The maximum atomic E-state index is 12.3. The number of methoxy groups -OCH3 is 1. The Balaban J connectivity index is 2.15. The molecule has 18 heavy (non-hydrogen) atoms. The Morgan fingerprint density at radius 2 is 2.11 bits per heavy atom. The van der Waals surface area contributed by atoms with E-state index in [1.807, 2.05) is 4.90 Å². The summed E-state index contributed by atoms with van der Waals surface area (Å²) in [6.07, 6.45) is 2.11. The number of ether oxygens (including phenoxy) is 1. The smallest absolute Gasteiger partial charge is 0.254 e. The number of halogens is 1. The monoisotopic (exact) mass is 268 g/mol. The van der Waals surface area contributed by atoms with Gasteiger partial charge in [-0.05, 0) is 24.8 Å². The molecule has 1 aliphatic rings. The lowest BCUT2D eigenvalue weighted by Gasteiger charge is -2.30. The SMILES string of the molecule is COc1cc(C(=O)N2CCC(C)CC2)cc(Cl)n1. The second-order valence-corrected chi connectivity index (χ2v) is 5.08. The van der Waals surface area contributed by atoms with Crippen molar-refractivity contribution in [2.24, 2.45) is 5.92 Å². The van der Waals surface area contributed by atoms with Crippen LogP contribution in [0.1, 0.15) is 30.1 Å². The highest BCUT2D eigenvalue weighted by Gasteiger charge is 2.22. The average molecular weight is 269 g/mol. The summed E-state index contributed by atoms with van der Waals surface area (Å²) in [4.78, 5) is 18.1. The van der Waals surface area contributed by atoms with Crippen LogP contribution < -0.4 is 4.74 Å². The summed E-state index contributed by atoms with van der Waals surface area (Å²) in [5.41, 5.74) is 0.543. The molecule has 0 spiro atoms. The largest absolute Gasteiger partial charge is 0.481 e. The number of rotatable bonds is 2. The van der Waals surface area contributed by atoms with Crippen LogP contribution in [0.4, 0.5) is 0 Å². The van der Waals surface area contributed by atoms with E-state index in [-0.39, 0.29) is 11.1 Å². The summed E-state index contributed by atoms with van der Waals surface area (Å²) in [5, 5.41) is 0.281. The van der Waals surface area contributed by atoms with Crippen molar-refractivity contribution in [1.82, 2.24) is 9.88 Å². The minimum atomic E-state index is 0.00417. The first-order valence-electron chi connectivity index (χ1n) is 6.11. The maximum Gasteiger partial charge on any atom is 0.254 e. The fraction of sp³-hybridized carbons (Fsp3) is 0.538. The van der Waals surface area contributed by atoms with E-state index in [1.165, 1.54) is 7.11 Å². The number of pyridine rings is 1. The Morgan fingerprint density at radius 1 is 1.44 bits per heavy atom. The number of hydrogen-bond donors (Lipinski definition) is 0. The molecule has 98 valence electrons. The van der Waals surface area contributed by atoms with Gasteiger partial charge in [-0.1, -0.05) is 18.5 Å². The minimum Gasteiger partial charge on any atom is -0.481 e. The lowest BCUT2D eigenvalue weighted by atomic mass is 9.99. The van der Waals surface area contributed by atoms with E-state index in [0.29, 0.717) is 17.4 Å². The molecule has 1 aromatic heterocycles. The van der Waals surface area contributed by atoms with Gasteiger partial charge >= 0.3 is 0 Å². The molecule has 1 aromatic rings. The molecule has 0 aliphatic carbocycles. The number of likely N-dealkylation sites (tertiary alicyclic amines) is 1. The van der Waals surface area contributed by atoms with Crippen LogP contribution in [0.25, 0.3) is 0 Å². The van der Waals surface area contributed by atoms with Crippen LogP contribution in [0.2, 0.25) is 5.15 Å². The van der Waals surface area contributed by atoms with E-state index in [2.05, 4.69) is 11.9 Å². The maximum absolute atomic E-state index is 12.3. The van der Waals surface area contributed by atoms with Crippen molar-refractivity contribution in [2.75, 3.05) is 20.2 Å². The number of aromatic nitrogens is 1. The predicted molar refractivity (Wildman–Crippen MR) is 70.1 cm³/mol. The zero-order chi connectivity index (χ0) is 13.1. The molecule has 1 amide bonds. The zero-order valence-corrected chi connectivity index (χ0v) is 11.4. The van der Waals surface area contributed by atoms with Gasteiger partial charge in [-0.2, -0.15) is 0 Å². The van der Waals surface area contributed by atoms with Crippen LogP contribution in [0.15, 0.2) is 12.1 Å². The standard InChI is InChI=1S/C13H17ClN2O2/c1-9-3-5-16(6-4-9)13(17)10-7-11(14)15-12(8-10)18-2/h7-9H,3-6H2,1-2H3. The van der Waals surface area contributed by atoms with E-state index in [0.717, 1.165) is 25.9 Å². The van der Waals surface area contributed by atoms with Gasteiger partial charge in [0.2, 0.25) is 5.88 Å². The fourth-order valence-electron chi connectivity index (χ4n) is 2.10. The quantitative estimate of drug-likeness (QED) is 0.775. The highest BCUT2D eigenvalue weighted by atomic mass is 35.5. The molecule has 0 aromatic carbocycles. The van der Waals surface area contributed by atoms with Crippen LogP contribution in [0, 0.1) is 5.92 Å². The molecule has 5 heteroatoms. The van der Waals surface area contributed by atoms with Crippen molar-refractivity contribution in [3.63, 3.8) is 0 Å². The molecule has 0 bridgehead atoms. The Kier molecular flexibility index (Phi) is 4.07. The fourth-order valence-corrected chi connectivity index (χ4v) is 2.30. The van der Waals surface area contributed by atoms with Crippen LogP contribution in [0.3, 0.4) is 0 Å². The van der Waals surface area contributed by atoms with E-state index in [4.69, 9.17) is 16.3 Å². The zero-order valence-electron chi connectivity index (χ0n) is 10.6. The highest BCUT2D eigenvalue weighted by molar-refractivity contribution is 6.29.